The van der Waals surface area contributed by atoms with E-state index in [4.69, 9.17) is 0 Å². The van der Waals surface area contributed by atoms with E-state index in [1.807, 2.05) is 18.2 Å². The summed E-state index contributed by atoms with van der Waals surface area (Å²) in [5, 5.41) is 6.19. The lowest BCUT2D eigenvalue weighted by Crippen LogP contribution is -2.39. The molecule has 0 aromatic heterocycles. The number of amides is 1. The fraction of sp³-hybridized carbons (Fsp3) is 0.562. The van der Waals surface area contributed by atoms with Gasteiger partial charge in [-0.25, -0.2) is 0 Å². The molecule has 0 aliphatic carbocycles. The van der Waals surface area contributed by atoms with E-state index >= 15 is 0 Å². The zero-order chi connectivity index (χ0) is 14.1. The molecule has 2 N–H and O–H groups in total. The Bertz CT molecular complexity index is 362. The summed E-state index contributed by atoms with van der Waals surface area (Å²) >= 11 is 0. The Morgan fingerprint density at radius 2 is 1.84 bits per heavy atom. The molecule has 3 heteroatoms. The Hall–Kier alpha value is -1.35. The third kappa shape index (κ3) is 7.62. The first-order chi connectivity index (χ1) is 9.08. The van der Waals surface area contributed by atoms with Crippen LogP contribution in [0.25, 0.3) is 0 Å². The standard InChI is InChI=1S/C16H26N2O/c1-13(2)9-10-17-16(19)12-18-14(3)11-15-7-5-4-6-8-15/h4-8,13-14,18H,9-12H2,1-3H3,(H,17,19). The van der Waals surface area contributed by atoms with Gasteiger partial charge in [-0.3, -0.25) is 4.79 Å². The van der Waals surface area contributed by atoms with Crippen LogP contribution in [0.4, 0.5) is 0 Å². The first-order valence-corrected chi connectivity index (χ1v) is 7.12. The molecule has 0 radical (unpaired) electrons. The van der Waals surface area contributed by atoms with Crippen molar-refractivity contribution in [3.8, 4) is 0 Å². The number of hydrogen-bond acceptors (Lipinski definition) is 2. The first kappa shape index (κ1) is 15.7. The summed E-state index contributed by atoms with van der Waals surface area (Å²) in [6, 6.07) is 10.6. The minimum Gasteiger partial charge on any atom is -0.355 e. The predicted octanol–water partition coefficient (Wildman–Crippen LogP) is 2.37. The molecule has 0 spiro atoms. The predicted molar refractivity (Wildman–Crippen MR) is 80.1 cm³/mol. The van der Waals surface area contributed by atoms with Crippen LogP contribution in [0.2, 0.25) is 0 Å². The molecule has 0 saturated carbocycles. The topological polar surface area (TPSA) is 41.1 Å². The molecular weight excluding hydrogens is 236 g/mol. The Morgan fingerprint density at radius 3 is 2.47 bits per heavy atom. The van der Waals surface area contributed by atoms with Crippen LogP contribution in [0, 0.1) is 5.92 Å². The molecule has 0 bridgehead atoms. The molecule has 0 fully saturated rings. The highest BCUT2D eigenvalue weighted by molar-refractivity contribution is 5.77. The highest BCUT2D eigenvalue weighted by Gasteiger charge is 2.06. The Morgan fingerprint density at radius 1 is 1.16 bits per heavy atom. The molecule has 1 amide bonds. The summed E-state index contributed by atoms with van der Waals surface area (Å²) < 4.78 is 0. The maximum Gasteiger partial charge on any atom is 0.233 e. The zero-order valence-electron chi connectivity index (χ0n) is 12.3. The van der Waals surface area contributed by atoms with Crippen molar-refractivity contribution in [3.63, 3.8) is 0 Å². The average molecular weight is 262 g/mol. The van der Waals surface area contributed by atoms with Crippen molar-refractivity contribution in [2.24, 2.45) is 5.92 Å². The number of rotatable bonds is 8. The molecule has 1 aromatic carbocycles. The van der Waals surface area contributed by atoms with Crippen molar-refractivity contribution in [1.82, 2.24) is 10.6 Å². The smallest absolute Gasteiger partial charge is 0.233 e. The molecule has 3 nitrogen and oxygen atoms in total. The molecule has 1 atom stereocenters. The van der Waals surface area contributed by atoms with Crippen LogP contribution in [0.3, 0.4) is 0 Å². The maximum atomic E-state index is 11.6. The van der Waals surface area contributed by atoms with Gasteiger partial charge in [-0.2, -0.15) is 0 Å². The number of carbonyl (C=O) groups excluding carboxylic acids is 1. The van der Waals surface area contributed by atoms with Gasteiger partial charge in [0.1, 0.15) is 0 Å². The minimum absolute atomic E-state index is 0.0839. The highest BCUT2D eigenvalue weighted by Crippen LogP contribution is 2.02. The fourth-order valence-electron chi connectivity index (χ4n) is 1.87. The lowest BCUT2D eigenvalue weighted by molar-refractivity contribution is -0.120. The number of nitrogens with one attached hydrogen (secondary N) is 2. The molecule has 1 aromatic rings. The molecule has 1 rings (SSSR count). The molecular formula is C16H26N2O. The van der Waals surface area contributed by atoms with E-state index in [2.05, 4.69) is 43.5 Å². The number of benzene rings is 1. The van der Waals surface area contributed by atoms with Crippen molar-refractivity contribution < 1.29 is 4.79 Å². The van der Waals surface area contributed by atoms with E-state index in [1.54, 1.807) is 0 Å². The lowest BCUT2D eigenvalue weighted by Gasteiger charge is -2.14. The van der Waals surface area contributed by atoms with Gasteiger partial charge in [0.05, 0.1) is 6.54 Å². The summed E-state index contributed by atoms with van der Waals surface area (Å²) in [7, 11) is 0. The van der Waals surface area contributed by atoms with Gasteiger partial charge in [0, 0.05) is 12.6 Å². The molecule has 0 saturated heterocycles. The van der Waals surface area contributed by atoms with Crippen LogP contribution >= 0.6 is 0 Å². The molecule has 19 heavy (non-hydrogen) atoms. The van der Waals surface area contributed by atoms with Crippen LogP contribution in [0.15, 0.2) is 30.3 Å². The second kappa shape index (κ2) is 8.70. The van der Waals surface area contributed by atoms with E-state index in [1.165, 1.54) is 5.56 Å². The monoisotopic (exact) mass is 262 g/mol. The normalized spacial score (nSPS) is 12.4. The van der Waals surface area contributed by atoms with E-state index in [0.29, 0.717) is 18.5 Å². The molecule has 106 valence electrons. The quantitative estimate of drug-likeness (QED) is 0.755. The summed E-state index contributed by atoms with van der Waals surface area (Å²) in [6.45, 7) is 7.59. The van der Waals surface area contributed by atoms with Crippen molar-refractivity contribution in [1.29, 1.82) is 0 Å². The Labute approximate surface area is 116 Å². The fourth-order valence-corrected chi connectivity index (χ4v) is 1.87. The van der Waals surface area contributed by atoms with Gasteiger partial charge < -0.3 is 10.6 Å². The highest BCUT2D eigenvalue weighted by atomic mass is 16.1. The van der Waals surface area contributed by atoms with Gasteiger partial charge in [-0.05, 0) is 31.2 Å². The van der Waals surface area contributed by atoms with Crippen molar-refractivity contribution in [2.45, 2.75) is 39.7 Å². The largest absolute Gasteiger partial charge is 0.355 e. The Balaban J connectivity index is 2.16. The zero-order valence-corrected chi connectivity index (χ0v) is 12.3. The van der Waals surface area contributed by atoms with Crippen molar-refractivity contribution in [3.05, 3.63) is 35.9 Å². The summed E-state index contributed by atoms with van der Waals surface area (Å²) in [4.78, 5) is 11.6. The number of hydrogen-bond donors (Lipinski definition) is 2. The van der Waals surface area contributed by atoms with E-state index < -0.39 is 0 Å². The van der Waals surface area contributed by atoms with Gasteiger partial charge >= 0.3 is 0 Å². The van der Waals surface area contributed by atoms with Crippen LogP contribution in [-0.2, 0) is 11.2 Å². The van der Waals surface area contributed by atoms with E-state index in [0.717, 1.165) is 19.4 Å². The lowest BCUT2D eigenvalue weighted by atomic mass is 10.1. The second-order valence-corrected chi connectivity index (χ2v) is 5.50. The van der Waals surface area contributed by atoms with Crippen molar-refractivity contribution in [2.75, 3.05) is 13.1 Å². The summed E-state index contributed by atoms with van der Waals surface area (Å²) in [5.41, 5.74) is 1.29. The number of carbonyl (C=O) groups is 1. The first-order valence-electron chi connectivity index (χ1n) is 7.12. The van der Waals surface area contributed by atoms with Crippen LogP contribution in [0.5, 0.6) is 0 Å². The molecule has 0 aliphatic heterocycles. The van der Waals surface area contributed by atoms with Crippen LogP contribution in [0.1, 0.15) is 32.8 Å². The van der Waals surface area contributed by atoms with Gasteiger partial charge in [0.2, 0.25) is 5.91 Å². The van der Waals surface area contributed by atoms with Crippen LogP contribution < -0.4 is 10.6 Å². The third-order valence-corrected chi connectivity index (χ3v) is 3.04. The van der Waals surface area contributed by atoms with Crippen molar-refractivity contribution >= 4 is 5.91 Å². The second-order valence-electron chi connectivity index (χ2n) is 5.50. The van der Waals surface area contributed by atoms with Gasteiger partial charge in [0.25, 0.3) is 0 Å². The molecule has 0 heterocycles. The van der Waals surface area contributed by atoms with Gasteiger partial charge in [-0.1, -0.05) is 44.2 Å². The SMILES string of the molecule is CC(C)CCNC(=O)CNC(C)Cc1ccccc1. The summed E-state index contributed by atoms with van der Waals surface area (Å²) in [5.74, 6) is 0.714. The average Bonchev–Trinajstić information content (AvgIpc) is 2.37. The third-order valence-electron chi connectivity index (χ3n) is 3.04. The maximum absolute atomic E-state index is 11.6. The Kier molecular flexibility index (Phi) is 7.19. The summed E-state index contributed by atoms with van der Waals surface area (Å²) in [6.07, 6.45) is 1.98. The molecule has 1 unspecified atom stereocenters. The van der Waals surface area contributed by atoms with Gasteiger partial charge in [-0.15, -0.1) is 0 Å². The van der Waals surface area contributed by atoms with Gasteiger partial charge in [0.15, 0.2) is 0 Å². The van der Waals surface area contributed by atoms with E-state index in [-0.39, 0.29) is 5.91 Å². The minimum atomic E-state index is 0.0839. The van der Waals surface area contributed by atoms with E-state index in [9.17, 15) is 4.79 Å². The molecule has 0 aliphatic rings. The van der Waals surface area contributed by atoms with Crippen LogP contribution in [-0.4, -0.2) is 25.0 Å².